The summed E-state index contributed by atoms with van der Waals surface area (Å²) in [4.78, 5) is 13.7. The molecule has 0 heterocycles. The van der Waals surface area contributed by atoms with Gasteiger partial charge >= 0.3 is 6.18 Å². The lowest BCUT2D eigenvalue weighted by molar-refractivity contribution is -0.137. The largest absolute Gasteiger partial charge is 0.418 e. The van der Waals surface area contributed by atoms with Crippen molar-refractivity contribution < 1.29 is 18.0 Å². The van der Waals surface area contributed by atoms with Crippen LogP contribution in [-0.4, -0.2) is 24.4 Å². The van der Waals surface area contributed by atoms with Crippen molar-refractivity contribution in [2.75, 3.05) is 18.9 Å². The molecule has 0 bridgehead atoms. The van der Waals surface area contributed by atoms with Gasteiger partial charge in [-0.05, 0) is 36.9 Å². The maximum atomic E-state index is 12.9. The number of amides is 1. The highest BCUT2D eigenvalue weighted by Crippen LogP contribution is 2.34. The Labute approximate surface area is 143 Å². The fourth-order valence-corrected chi connectivity index (χ4v) is 2.33. The molecule has 0 aliphatic heterocycles. The zero-order valence-corrected chi connectivity index (χ0v) is 13.5. The molecule has 0 aromatic heterocycles. The summed E-state index contributed by atoms with van der Waals surface area (Å²) < 4.78 is 38.8. The number of nitrogens with zero attached hydrogens (tertiary/aromatic N) is 2. The van der Waals surface area contributed by atoms with Crippen LogP contribution in [0.3, 0.4) is 0 Å². The number of likely N-dealkylation sites (N-methyl/N-ethyl adjacent to an activating group) is 1. The minimum absolute atomic E-state index is 0.0633. The number of carbonyl (C=O) groups excluding carboxylic acids is 1. The number of alkyl halides is 3. The van der Waals surface area contributed by atoms with Crippen molar-refractivity contribution in [3.05, 3.63) is 65.2 Å². The molecular weight excluding hydrogens is 331 g/mol. The summed E-state index contributed by atoms with van der Waals surface area (Å²) in [5, 5.41) is 11.1. The summed E-state index contributed by atoms with van der Waals surface area (Å²) in [5.41, 5.74) is 0.294. The lowest BCUT2D eigenvalue weighted by atomic mass is 10.1. The maximum Gasteiger partial charge on any atom is 0.418 e. The van der Waals surface area contributed by atoms with Gasteiger partial charge in [0.05, 0.1) is 29.4 Å². The van der Waals surface area contributed by atoms with Crippen molar-refractivity contribution in [3.8, 4) is 6.07 Å². The molecule has 0 spiro atoms. The minimum atomic E-state index is -4.53. The number of anilines is 1. The van der Waals surface area contributed by atoms with Gasteiger partial charge in [0.15, 0.2) is 0 Å². The molecule has 0 saturated heterocycles. The number of rotatable bonds is 5. The SMILES string of the molecule is CN(CC(=O)Nc1ccccc1C(F)(F)F)Cc1ccc(C#N)cc1. The standard InChI is InChI=1S/C18H16F3N3O/c1-24(11-14-8-6-13(10-22)7-9-14)12-17(25)23-16-5-3-2-4-15(16)18(19,20)21/h2-9H,11-12H2,1H3,(H,23,25). The second-order valence-electron chi connectivity index (χ2n) is 5.57. The average Bonchev–Trinajstić information content (AvgIpc) is 2.54. The molecule has 0 radical (unpaired) electrons. The van der Waals surface area contributed by atoms with Gasteiger partial charge in [-0.3, -0.25) is 9.69 Å². The quantitative estimate of drug-likeness (QED) is 0.898. The van der Waals surface area contributed by atoms with Crippen LogP contribution < -0.4 is 5.32 Å². The molecule has 0 saturated carbocycles. The van der Waals surface area contributed by atoms with E-state index in [1.54, 1.807) is 36.2 Å². The molecule has 2 aromatic rings. The van der Waals surface area contributed by atoms with E-state index in [2.05, 4.69) is 5.32 Å². The number of hydrogen-bond donors (Lipinski definition) is 1. The van der Waals surface area contributed by atoms with Crippen LogP contribution in [-0.2, 0) is 17.5 Å². The van der Waals surface area contributed by atoms with Crippen molar-refractivity contribution in [2.24, 2.45) is 0 Å². The molecule has 25 heavy (non-hydrogen) atoms. The lowest BCUT2D eigenvalue weighted by Crippen LogP contribution is -2.30. The number of nitrogens with one attached hydrogen (secondary N) is 1. The van der Waals surface area contributed by atoms with E-state index in [9.17, 15) is 18.0 Å². The van der Waals surface area contributed by atoms with Crippen molar-refractivity contribution >= 4 is 11.6 Å². The molecule has 7 heteroatoms. The van der Waals surface area contributed by atoms with Gasteiger partial charge in [0.25, 0.3) is 0 Å². The molecule has 1 amide bonds. The van der Waals surface area contributed by atoms with Crippen molar-refractivity contribution in [2.45, 2.75) is 12.7 Å². The van der Waals surface area contributed by atoms with E-state index in [4.69, 9.17) is 5.26 Å². The summed E-state index contributed by atoms with van der Waals surface area (Å²) in [6, 6.07) is 13.8. The maximum absolute atomic E-state index is 12.9. The van der Waals surface area contributed by atoms with Crippen LogP contribution in [0.5, 0.6) is 0 Å². The zero-order valence-electron chi connectivity index (χ0n) is 13.5. The minimum Gasteiger partial charge on any atom is -0.324 e. The van der Waals surface area contributed by atoms with Crippen molar-refractivity contribution in [1.29, 1.82) is 5.26 Å². The van der Waals surface area contributed by atoms with Crippen LogP contribution in [0.15, 0.2) is 48.5 Å². The first-order valence-electron chi connectivity index (χ1n) is 7.43. The number of halogens is 3. The predicted molar refractivity (Wildman–Crippen MR) is 87.6 cm³/mol. The van der Waals surface area contributed by atoms with Gasteiger partial charge in [0, 0.05) is 6.54 Å². The highest BCUT2D eigenvalue weighted by Gasteiger charge is 2.33. The molecule has 0 aliphatic carbocycles. The smallest absolute Gasteiger partial charge is 0.324 e. The van der Waals surface area contributed by atoms with E-state index in [-0.39, 0.29) is 12.2 Å². The van der Waals surface area contributed by atoms with Gasteiger partial charge in [0.2, 0.25) is 5.91 Å². The van der Waals surface area contributed by atoms with Gasteiger partial charge in [-0.25, -0.2) is 0 Å². The van der Waals surface area contributed by atoms with Crippen LogP contribution in [0.25, 0.3) is 0 Å². The number of para-hydroxylation sites is 1. The zero-order chi connectivity index (χ0) is 18.4. The molecule has 4 nitrogen and oxygen atoms in total. The molecule has 0 aliphatic rings. The van der Waals surface area contributed by atoms with Crippen LogP contribution in [0.2, 0.25) is 0 Å². The summed E-state index contributed by atoms with van der Waals surface area (Å²) >= 11 is 0. The lowest BCUT2D eigenvalue weighted by Gasteiger charge is -2.18. The van der Waals surface area contributed by atoms with E-state index in [1.165, 1.54) is 18.2 Å². The van der Waals surface area contributed by atoms with Crippen LogP contribution >= 0.6 is 0 Å². The van der Waals surface area contributed by atoms with Gasteiger partial charge in [-0.15, -0.1) is 0 Å². The van der Waals surface area contributed by atoms with Crippen LogP contribution in [0.1, 0.15) is 16.7 Å². The molecule has 0 fully saturated rings. The Morgan fingerprint density at radius 3 is 2.40 bits per heavy atom. The Kier molecular flexibility index (Phi) is 5.78. The van der Waals surface area contributed by atoms with Gasteiger partial charge in [0.1, 0.15) is 0 Å². The van der Waals surface area contributed by atoms with E-state index < -0.39 is 17.6 Å². The second kappa shape index (κ2) is 7.81. The average molecular weight is 347 g/mol. The molecule has 2 rings (SSSR count). The van der Waals surface area contributed by atoms with E-state index in [0.717, 1.165) is 11.6 Å². The normalized spacial score (nSPS) is 11.2. The molecule has 0 atom stereocenters. The fourth-order valence-electron chi connectivity index (χ4n) is 2.33. The summed E-state index contributed by atoms with van der Waals surface area (Å²) in [6.45, 7) is 0.367. The number of benzene rings is 2. The topological polar surface area (TPSA) is 56.1 Å². The van der Waals surface area contributed by atoms with E-state index in [0.29, 0.717) is 12.1 Å². The van der Waals surface area contributed by atoms with Crippen LogP contribution in [0, 0.1) is 11.3 Å². The third-order valence-electron chi connectivity index (χ3n) is 3.46. The summed E-state index contributed by atoms with van der Waals surface area (Å²) in [6.07, 6.45) is -4.53. The Balaban J connectivity index is 1.97. The van der Waals surface area contributed by atoms with Crippen molar-refractivity contribution in [3.63, 3.8) is 0 Å². The second-order valence-corrected chi connectivity index (χ2v) is 5.57. The third-order valence-corrected chi connectivity index (χ3v) is 3.46. The third kappa shape index (κ3) is 5.33. The van der Waals surface area contributed by atoms with Crippen LogP contribution in [0.4, 0.5) is 18.9 Å². The van der Waals surface area contributed by atoms with Crippen molar-refractivity contribution in [1.82, 2.24) is 4.90 Å². The number of carbonyl (C=O) groups is 1. The molecule has 0 unspecified atom stereocenters. The molecule has 130 valence electrons. The van der Waals surface area contributed by atoms with E-state index in [1.807, 2.05) is 6.07 Å². The first-order chi connectivity index (χ1) is 11.8. The first-order valence-corrected chi connectivity index (χ1v) is 7.43. The van der Waals surface area contributed by atoms with E-state index >= 15 is 0 Å². The molecular formula is C18H16F3N3O. The first kappa shape index (κ1) is 18.5. The summed E-state index contributed by atoms with van der Waals surface area (Å²) in [5.74, 6) is -0.534. The highest BCUT2D eigenvalue weighted by molar-refractivity contribution is 5.93. The molecule has 2 aromatic carbocycles. The predicted octanol–water partition coefficient (Wildman–Crippen LogP) is 3.65. The Hall–Kier alpha value is -2.85. The van der Waals surface area contributed by atoms with Gasteiger partial charge in [-0.2, -0.15) is 18.4 Å². The number of nitriles is 1. The fraction of sp³-hybridized carbons (Fsp3) is 0.222. The highest BCUT2D eigenvalue weighted by atomic mass is 19.4. The monoisotopic (exact) mass is 347 g/mol. The molecule has 1 N–H and O–H groups in total. The summed E-state index contributed by atoms with van der Waals surface area (Å²) in [7, 11) is 1.69. The van der Waals surface area contributed by atoms with Gasteiger partial charge in [-0.1, -0.05) is 24.3 Å². The van der Waals surface area contributed by atoms with Gasteiger partial charge < -0.3 is 5.32 Å². The number of hydrogen-bond acceptors (Lipinski definition) is 3. The Bertz CT molecular complexity index is 779. The Morgan fingerprint density at radius 2 is 1.80 bits per heavy atom. The Morgan fingerprint density at radius 1 is 1.16 bits per heavy atom.